The van der Waals surface area contributed by atoms with Crippen molar-refractivity contribution in [2.75, 3.05) is 20.6 Å². The maximum atomic E-state index is 13.6. The van der Waals surface area contributed by atoms with Gasteiger partial charge in [0.1, 0.15) is 12.4 Å². The summed E-state index contributed by atoms with van der Waals surface area (Å²) in [5.41, 5.74) is 0.656. The topological polar surface area (TPSA) is 72.8 Å². The van der Waals surface area contributed by atoms with E-state index in [4.69, 9.17) is 9.47 Å². The van der Waals surface area contributed by atoms with Crippen LogP contribution in [0, 0.1) is 16.7 Å². The Labute approximate surface area is 170 Å². The first-order valence-corrected chi connectivity index (χ1v) is 10.3. The molecule has 0 radical (unpaired) electrons. The first kappa shape index (κ1) is 20.6. The van der Waals surface area contributed by atoms with E-state index < -0.39 is 35.0 Å². The fraction of sp³-hybridized carbons (Fsp3) is 0.652. The van der Waals surface area contributed by atoms with Crippen LogP contribution in [-0.4, -0.2) is 49.0 Å². The number of ketones is 2. The number of alkyl halides is 1. The van der Waals surface area contributed by atoms with Gasteiger partial charge in [0, 0.05) is 17.9 Å². The van der Waals surface area contributed by atoms with Crippen molar-refractivity contribution >= 4 is 11.6 Å². The molecule has 5 nitrogen and oxygen atoms in total. The molecule has 0 heterocycles. The van der Waals surface area contributed by atoms with E-state index in [0.29, 0.717) is 19.3 Å². The number of fused-ring (bicyclic) bond motifs is 4. The van der Waals surface area contributed by atoms with Crippen molar-refractivity contribution < 1.29 is 28.6 Å². The molecule has 0 bridgehead atoms. The van der Waals surface area contributed by atoms with Gasteiger partial charge < -0.3 is 14.6 Å². The van der Waals surface area contributed by atoms with Crippen LogP contribution in [0.5, 0.6) is 0 Å². The van der Waals surface area contributed by atoms with Crippen molar-refractivity contribution in [3.63, 3.8) is 0 Å². The maximum Gasteiger partial charge on any atom is 0.196 e. The van der Waals surface area contributed by atoms with E-state index in [9.17, 15) is 19.1 Å². The van der Waals surface area contributed by atoms with Crippen LogP contribution < -0.4 is 0 Å². The van der Waals surface area contributed by atoms with Crippen LogP contribution in [0.2, 0.25) is 0 Å². The van der Waals surface area contributed by atoms with E-state index >= 15 is 0 Å². The molecule has 0 aromatic heterocycles. The van der Waals surface area contributed by atoms with Gasteiger partial charge in [0.25, 0.3) is 0 Å². The van der Waals surface area contributed by atoms with Crippen molar-refractivity contribution in [1.29, 1.82) is 0 Å². The second-order valence-electron chi connectivity index (χ2n) is 9.21. The summed E-state index contributed by atoms with van der Waals surface area (Å²) >= 11 is 0. The Morgan fingerprint density at radius 1 is 1.34 bits per heavy atom. The lowest BCUT2D eigenvalue weighted by atomic mass is 9.52. The average molecular weight is 404 g/mol. The normalized spacial score (nSPS) is 41.0. The Hall–Kier alpha value is -1.63. The molecule has 0 aliphatic heterocycles. The minimum Gasteiger partial charge on any atom is -0.389 e. The predicted molar refractivity (Wildman–Crippen MR) is 105 cm³/mol. The minimum absolute atomic E-state index is 0.0157. The van der Waals surface area contributed by atoms with E-state index in [-0.39, 0.29) is 18.5 Å². The number of ether oxygens (including phenoxy) is 2. The average Bonchev–Trinajstić information content (AvgIpc) is 2.98. The molecule has 0 aromatic rings. The highest BCUT2D eigenvalue weighted by atomic mass is 19.1. The van der Waals surface area contributed by atoms with E-state index in [1.807, 2.05) is 13.0 Å². The number of carbonyl (C=O) groups is 2. The van der Waals surface area contributed by atoms with Crippen molar-refractivity contribution in [3.8, 4) is 0 Å². The highest BCUT2D eigenvalue weighted by Gasteiger charge is 2.66. The third-order valence-corrected chi connectivity index (χ3v) is 7.98. The molecular formula is C23H29FO5. The lowest BCUT2D eigenvalue weighted by molar-refractivity contribution is -0.194. The van der Waals surface area contributed by atoms with Crippen molar-refractivity contribution in [3.05, 3.63) is 34.9 Å². The molecule has 0 saturated heterocycles. The van der Waals surface area contributed by atoms with Gasteiger partial charge in [-0.1, -0.05) is 24.1 Å². The van der Waals surface area contributed by atoms with Crippen molar-refractivity contribution in [1.82, 2.24) is 0 Å². The van der Waals surface area contributed by atoms with Gasteiger partial charge >= 0.3 is 0 Å². The number of rotatable bonds is 5. The minimum atomic E-state index is -1.29. The summed E-state index contributed by atoms with van der Waals surface area (Å²) in [6.45, 7) is 2.82. The quantitative estimate of drug-likeness (QED) is 0.563. The van der Waals surface area contributed by atoms with Crippen LogP contribution in [0.25, 0.3) is 0 Å². The van der Waals surface area contributed by atoms with Crippen LogP contribution in [-0.2, 0) is 19.1 Å². The largest absolute Gasteiger partial charge is 0.389 e. The SMILES string of the molecule is COCO[C@]1(C(=O)CF)CC[C@H]2C3=C(C(O)C[C@@]21C)[C@@]1(C)C=CC(=O)C=C1CC3. The van der Waals surface area contributed by atoms with Gasteiger partial charge in [-0.15, -0.1) is 0 Å². The summed E-state index contributed by atoms with van der Waals surface area (Å²) in [6.07, 6.45) is 7.30. The summed E-state index contributed by atoms with van der Waals surface area (Å²) < 4.78 is 24.6. The van der Waals surface area contributed by atoms with Crippen molar-refractivity contribution in [2.24, 2.45) is 16.7 Å². The molecular weight excluding hydrogens is 375 g/mol. The molecule has 5 atom stereocenters. The maximum absolute atomic E-state index is 13.6. The van der Waals surface area contributed by atoms with Crippen LogP contribution in [0.1, 0.15) is 46.0 Å². The number of aliphatic hydroxyl groups excluding tert-OH is 1. The van der Waals surface area contributed by atoms with Crippen LogP contribution >= 0.6 is 0 Å². The number of methoxy groups -OCH3 is 1. The van der Waals surface area contributed by atoms with E-state index in [1.54, 1.807) is 12.2 Å². The number of allylic oxidation sites excluding steroid dienone is 5. The van der Waals surface area contributed by atoms with Crippen LogP contribution in [0.3, 0.4) is 0 Å². The van der Waals surface area contributed by atoms with Gasteiger partial charge in [-0.25, -0.2) is 4.39 Å². The fourth-order valence-corrected chi connectivity index (χ4v) is 6.63. The molecule has 4 rings (SSSR count). The zero-order valence-corrected chi connectivity index (χ0v) is 17.3. The zero-order chi connectivity index (χ0) is 21.0. The molecule has 4 aliphatic carbocycles. The number of carbonyl (C=O) groups excluding carboxylic acids is 2. The van der Waals surface area contributed by atoms with Gasteiger partial charge in [-0.2, -0.15) is 0 Å². The fourth-order valence-electron chi connectivity index (χ4n) is 6.63. The molecule has 6 heteroatoms. The number of hydrogen-bond acceptors (Lipinski definition) is 5. The van der Waals surface area contributed by atoms with Gasteiger partial charge in [0.15, 0.2) is 18.2 Å². The Balaban J connectivity index is 1.82. The molecule has 158 valence electrons. The number of aliphatic hydroxyl groups is 1. The standard InChI is InChI=1S/C23H29FO5/c1-21-8-6-15(25)10-14(21)4-5-16-17-7-9-23(19(27)12-24,29-13-28-3)22(17,2)11-18(26)20(16)21/h6,8,10,17-18,26H,4-5,7,9,11-13H2,1-3H3/t17-,18?,21-,22-,23-/m0/s1. The van der Waals surface area contributed by atoms with Gasteiger partial charge in [0.2, 0.25) is 0 Å². The molecule has 1 unspecified atom stereocenters. The molecule has 29 heavy (non-hydrogen) atoms. The molecule has 0 spiro atoms. The third kappa shape index (κ3) is 2.69. The van der Waals surface area contributed by atoms with Gasteiger partial charge in [-0.3, -0.25) is 9.59 Å². The summed E-state index contributed by atoms with van der Waals surface area (Å²) in [5, 5.41) is 11.3. The van der Waals surface area contributed by atoms with Crippen molar-refractivity contribution in [2.45, 2.75) is 57.7 Å². The highest BCUT2D eigenvalue weighted by molar-refractivity contribution is 6.01. The summed E-state index contributed by atoms with van der Waals surface area (Å²) in [6, 6.07) is 0. The Bertz CT molecular complexity index is 842. The lowest BCUT2D eigenvalue weighted by Gasteiger charge is -2.54. The monoisotopic (exact) mass is 404 g/mol. The second-order valence-corrected chi connectivity index (χ2v) is 9.21. The molecule has 1 fully saturated rings. The summed E-state index contributed by atoms with van der Waals surface area (Å²) in [4.78, 5) is 24.7. The molecule has 0 aromatic carbocycles. The Morgan fingerprint density at radius 3 is 2.79 bits per heavy atom. The van der Waals surface area contributed by atoms with Crippen LogP contribution in [0.4, 0.5) is 4.39 Å². The first-order chi connectivity index (χ1) is 13.7. The number of halogens is 1. The summed E-state index contributed by atoms with van der Waals surface area (Å²) in [7, 11) is 1.48. The van der Waals surface area contributed by atoms with E-state index in [2.05, 4.69) is 6.92 Å². The van der Waals surface area contributed by atoms with Crippen LogP contribution in [0.15, 0.2) is 34.9 Å². The predicted octanol–water partition coefficient (Wildman–Crippen LogP) is 3.23. The van der Waals surface area contributed by atoms with E-state index in [1.165, 1.54) is 7.11 Å². The molecule has 1 N–H and O–H groups in total. The Kier molecular flexibility index (Phi) is 4.95. The van der Waals surface area contributed by atoms with Gasteiger partial charge in [-0.05, 0) is 62.7 Å². The molecule has 1 saturated carbocycles. The third-order valence-electron chi connectivity index (χ3n) is 7.98. The first-order valence-electron chi connectivity index (χ1n) is 10.3. The lowest BCUT2D eigenvalue weighted by Crippen LogP contribution is -2.58. The van der Waals surface area contributed by atoms with Gasteiger partial charge in [0.05, 0.1) is 6.10 Å². The molecule has 4 aliphatic rings. The highest BCUT2D eigenvalue weighted by Crippen LogP contribution is 2.65. The number of hydrogen-bond donors (Lipinski definition) is 1. The Morgan fingerprint density at radius 2 is 2.10 bits per heavy atom. The smallest absolute Gasteiger partial charge is 0.196 e. The molecule has 0 amide bonds. The summed E-state index contributed by atoms with van der Waals surface area (Å²) in [5.74, 6) is -0.558. The van der Waals surface area contributed by atoms with E-state index in [0.717, 1.165) is 29.6 Å². The number of Topliss-reactive ketones (excluding diaryl/α,β-unsaturated/α-hetero) is 1. The zero-order valence-electron chi connectivity index (χ0n) is 17.3. The second kappa shape index (κ2) is 6.96.